The number of rotatable bonds is 7. The van der Waals surface area contributed by atoms with Crippen molar-refractivity contribution >= 4 is 17.3 Å². The van der Waals surface area contributed by atoms with Crippen molar-refractivity contribution in [2.45, 2.75) is 52.6 Å². The Morgan fingerprint density at radius 1 is 0.929 bits per heavy atom. The molecular weight excluding hydrogens is 370 g/mol. The van der Waals surface area contributed by atoms with E-state index in [1.807, 2.05) is 18.8 Å². The lowest BCUT2D eigenvalue weighted by atomic mass is 10.3. The average Bonchev–Trinajstić information content (AvgIpc) is 2.61. The van der Waals surface area contributed by atoms with Crippen LogP contribution in [0.25, 0.3) is 0 Å². The van der Waals surface area contributed by atoms with Gasteiger partial charge in [0.05, 0.1) is 0 Å². The largest absolute Gasteiger partial charge is 0.385 e. The van der Waals surface area contributed by atoms with Gasteiger partial charge in [0.1, 0.15) is 11.6 Å². The number of H-pyrrole nitrogens is 2. The smallest absolute Gasteiger partial charge is 0.330 e. The minimum Gasteiger partial charge on any atom is -0.385 e. The summed E-state index contributed by atoms with van der Waals surface area (Å²) >= 11 is 0. The number of unbranched alkanes of at least 4 members (excludes halogenated alkanes) is 2. The fourth-order valence-electron chi connectivity index (χ4n) is 2.29. The Morgan fingerprint density at radius 3 is 1.96 bits per heavy atom. The Balaban J connectivity index is 0.000000283. The predicted molar refractivity (Wildman–Crippen MR) is 107 cm³/mol. The Morgan fingerprint density at radius 2 is 1.46 bits per heavy atom. The van der Waals surface area contributed by atoms with Gasteiger partial charge in [-0.3, -0.25) is 28.7 Å². The molecule has 0 saturated heterocycles. The summed E-state index contributed by atoms with van der Waals surface area (Å²) in [6, 6.07) is 1.22. The zero-order valence-corrected chi connectivity index (χ0v) is 15.9. The molecule has 0 aromatic carbocycles. The van der Waals surface area contributed by atoms with Crippen molar-refractivity contribution in [1.29, 1.82) is 0 Å². The number of nitrogens with one attached hydrogen (secondary N) is 2. The van der Waals surface area contributed by atoms with Crippen molar-refractivity contribution < 1.29 is 0 Å². The second-order valence-electron chi connectivity index (χ2n) is 5.96. The van der Waals surface area contributed by atoms with Crippen LogP contribution in [0.3, 0.4) is 0 Å². The highest BCUT2D eigenvalue weighted by atomic mass is 16.3. The summed E-state index contributed by atoms with van der Waals surface area (Å²) < 4.78 is 2.51. The number of aromatic nitrogens is 4. The molecule has 2 heterocycles. The van der Waals surface area contributed by atoms with E-state index in [0.29, 0.717) is 13.1 Å². The van der Waals surface area contributed by atoms with Gasteiger partial charge in [0.25, 0.3) is 11.1 Å². The van der Waals surface area contributed by atoms with Crippen LogP contribution in [0.2, 0.25) is 0 Å². The van der Waals surface area contributed by atoms with Gasteiger partial charge in [-0.05, 0) is 18.0 Å². The molecule has 0 aliphatic heterocycles. The Labute approximate surface area is 159 Å². The summed E-state index contributed by atoms with van der Waals surface area (Å²) in [6.07, 6.45) is 3.45. The molecule has 0 saturated carbocycles. The van der Waals surface area contributed by atoms with Crippen LogP contribution in [0.1, 0.15) is 39.5 Å². The monoisotopic (exact) mass is 395 g/mol. The van der Waals surface area contributed by atoms with Crippen LogP contribution < -0.4 is 34.0 Å². The van der Waals surface area contributed by atoms with Crippen LogP contribution in [0.5, 0.6) is 0 Å². The van der Waals surface area contributed by atoms with E-state index < -0.39 is 28.2 Å². The molecule has 12 heteroatoms. The second kappa shape index (κ2) is 10.6. The van der Waals surface area contributed by atoms with Crippen molar-refractivity contribution in [2.24, 2.45) is 5.18 Å². The molecule has 0 unspecified atom stereocenters. The topological polar surface area (TPSA) is 191 Å². The van der Waals surface area contributed by atoms with E-state index in [1.54, 1.807) is 0 Å². The summed E-state index contributed by atoms with van der Waals surface area (Å²) in [4.78, 5) is 58.8. The maximum absolute atomic E-state index is 11.3. The molecule has 2 rings (SSSR count). The third-order valence-corrected chi connectivity index (χ3v) is 3.84. The van der Waals surface area contributed by atoms with Crippen LogP contribution in [-0.2, 0) is 13.1 Å². The van der Waals surface area contributed by atoms with Gasteiger partial charge in [-0.25, -0.2) is 9.59 Å². The highest BCUT2D eigenvalue weighted by Crippen LogP contribution is 2.13. The summed E-state index contributed by atoms with van der Waals surface area (Å²) in [7, 11) is 0. The molecule has 0 aliphatic carbocycles. The van der Waals surface area contributed by atoms with Gasteiger partial charge in [-0.1, -0.05) is 26.7 Å². The first-order chi connectivity index (χ1) is 13.3. The summed E-state index contributed by atoms with van der Waals surface area (Å²) in [5.74, 6) is 0.0504. The molecule has 0 radical (unpaired) electrons. The van der Waals surface area contributed by atoms with E-state index in [0.717, 1.165) is 30.3 Å². The third-order valence-electron chi connectivity index (χ3n) is 3.84. The first-order valence-corrected chi connectivity index (χ1v) is 8.82. The number of nitrogens with zero attached hydrogens (tertiary/aromatic N) is 3. The lowest BCUT2D eigenvalue weighted by molar-refractivity contribution is 0.605. The predicted octanol–water partition coefficient (Wildman–Crippen LogP) is 0.236. The number of nitroso groups, excluding NO2 is 1. The highest BCUT2D eigenvalue weighted by Gasteiger charge is 2.11. The molecule has 12 nitrogen and oxygen atoms in total. The van der Waals surface area contributed by atoms with E-state index >= 15 is 0 Å². The van der Waals surface area contributed by atoms with Crippen molar-refractivity contribution in [1.82, 2.24) is 19.1 Å². The normalized spacial score (nSPS) is 10.2. The van der Waals surface area contributed by atoms with Gasteiger partial charge >= 0.3 is 11.4 Å². The van der Waals surface area contributed by atoms with Crippen LogP contribution in [0.4, 0.5) is 17.3 Å². The average molecular weight is 395 g/mol. The van der Waals surface area contributed by atoms with Crippen LogP contribution >= 0.6 is 0 Å². The minimum atomic E-state index is -0.847. The van der Waals surface area contributed by atoms with Crippen LogP contribution in [0, 0.1) is 4.91 Å². The van der Waals surface area contributed by atoms with Gasteiger partial charge in [0.15, 0.2) is 0 Å². The van der Waals surface area contributed by atoms with Crippen LogP contribution in [-0.4, -0.2) is 19.1 Å². The number of nitrogens with two attached hydrogens (primary N) is 2. The number of nitrogen functional groups attached to an aromatic ring is 2. The van der Waals surface area contributed by atoms with E-state index in [1.165, 1.54) is 10.6 Å². The number of hydrogen-bond acceptors (Lipinski definition) is 8. The van der Waals surface area contributed by atoms with Crippen molar-refractivity contribution in [3.05, 3.63) is 52.6 Å². The number of aromatic amines is 2. The summed E-state index contributed by atoms with van der Waals surface area (Å²) in [5, 5.41) is 2.50. The van der Waals surface area contributed by atoms with Gasteiger partial charge in [-0.2, -0.15) is 0 Å². The van der Waals surface area contributed by atoms with E-state index in [4.69, 9.17) is 11.5 Å². The highest BCUT2D eigenvalue weighted by molar-refractivity contribution is 5.55. The van der Waals surface area contributed by atoms with Crippen LogP contribution in [0.15, 0.2) is 30.4 Å². The van der Waals surface area contributed by atoms with E-state index in [2.05, 4.69) is 10.2 Å². The maximum Gasteiger partial charge on any atom is 0.330 e. The first kappa shape index (κ1) is 22.6. The lowest BCUT2D eigenvalue weighted by Crippen LogP contribution is -2.31. The van der Waals surface area contributed by atoms with Crippen molar-refractivity contribution in [3.8, 4) is 0 Å². The molecule has 0 spiro atoms. The zero-order chi connectivity index (χ0) is 21.3. The lowest BCUT2D eigenvalue weighted by Gasteiger charge is -2.07. The molecule has 0 atom stereocenters. The summed E-state index contributed by atoms with van der Waals surface area (Å²) in [6.45, 7) is 4.89. The molecule has 6 N–H and O–H groups in total. The minimum absolute atomic E-state index is 0.174. The molecule has 28 heavy (non-hydrogen) atoms. The fraction of sp³-hybridized carbons (Fsp3) is 0.500. The number of hydrogen-bond donors (Lipinski definition) is 4. The standard InChI is InChI=1S/C8H12N4O3.C8H13N3O2/c1-2-3-4-12-6(9)5(11-15)7(13)10-8(12)14;1-2-3-4-11-6(9)5-7(12)10-8(11)13/h2-4,9H2,1H3,(H,10,13,14);5H,2-4,9H2,1H3,(H,10,12,13). The molecule has 154 valence electrons. The van der Waals surface area contributed by atoms with E-state index in [-0.39, 0.29) is 11.6 Å². The van der Waals surface area contributed by atoms with Gasteiger partial charge in [0.2, 0.25) is 5.69 Å². The number of anilines is 2. The van der Waals surface area contributed by atoms with Crippen molar-refractivity contribution in [3.63, 3.8) is 0 Å². The molecular formula is C16H25N7O5. The van der Waals surface area contributed by atoms with Gasteiger partial charge in [-0.15, -0.1) is 4.91 Å². The maximum atomic E-state index is 11.3. The van der Waals surface area contributed by atoms with E-state index in [9.17, 15) is 24.1 Å². The second-order valence-corrected chi connectivity index (χ2v) is 5.96. The quantitative estimate of drug-likeness (QED) is 0.482. The molecule has 0 bridgehead atoms. The molecule has 0 fully saturated rings. The van der Waals surface area contributed by atoms with Crippen molar-refractivity contribution in [2.75, 3.05) is 11.5 Å². The van der Waals surface area contributed by atoms with Gasteiger partial charge < -0.3 is 11.5 Å². The van der Waals surface area contributed by atoms with Gasteiger partial charge in [0, 0.05) is 19.2 Å². The third kappa shape index (κ3) is 5.79. The molecule has 2 aromatic heterocycles. The fourth-order valence-corrected chi connectivity index (χ4v) is 2.29. The first-order valence-electron chi connectivity index (χ1n) is 8.82. The molecule has 0 amide bonds. The Hall–Kier alpha value is -3.44. The molecule has 2 aromatic rings. The SMILES string of the molecule is CCCCn1c(N)c(N=O)c(=O)[nH]c1=O.CCCCn1c(N)cc(=O)[nH]c1=O. The Bertz CT molecular complexity index is 1030. The molecule has 0 aliphatic rings. The Kier molecular flexibility index (Phi) is 8.59. The summed E-state index contributed by atoms with van der Waals surface area (Å²) in [5.41, 5.74) is 8.21. The zero-order valence-electron chi connectivity index (χ0n) is 15.9.